The van der Waals surface area contributed by atoms with Gasteiger partial charge in [0.25, 0.3) is 0 Å². The van der Waals surface area contributed by atoms with E-state index in [0.717, 1.165) is 20.2 Å². The first-order chi connectivity index (χ1) is 9.88. The van der Waals surface area contributed by atoms with Gasteiger partial charge >= 0.3 is 5.97 Å². The van der Waals surface area contributed by atoms with E-state index in [1.54, 1.807) is 6.07 Å². The predicted octanol–water partition coefficient (Wildman–Crippen LogP) is 4.97. The summed E-state index contributed by atoms with van der Waals surface area (Å²) in [5, 5.41) is 12.0. The van der Waals surface area contributed by atoms with Crippen LogP contribution in [0.4, 0.5) is 10.1 Å². The molecule has 2 aromatic rings. The van der Waals surface area contributed by atoms with Crippen molar-refractivity contribution in [1.29, 1.82) is 0 Å². The standard InChI is InChI=1S/C15H12Br2FNO2/c1-8-4-11(16)14(12(17)5-8)19-7-9-2-3-10(15(20)21)13(18)6-9/h2-6,19H,7H2,1H3,(H,20,21). The third-order valence-electron chi connectivity index (χ3n) is 2.92. The van der Waals surface area contributed by atoms with Crippen LogP contribution in [0.3, 0.4) is 0 Å². The minimum Gasteiger partial charge on any atom is -0.478 e. The van der Waals surface area contributed by atoms with Crippen molar-refractivity contribution in [3.05, 3.63) is 61.8 Å². The summed E-state index contributed by atoms with van der Waals surface area (Å²) in [6.07, 6.45) is 0. The summed E-state index contributed by atoms with van der Waals surface area (Å²) in [5.74, 6) is -2.00. The molecule has 2 N–H and O–H groups in total. The molecule has 0 saturated heterocycles. The summed E-state index contributed by atoms with van der Waals surface area (Å²) in [6.45, 7) is 2.37. The van der Waals surface area contributed by atoms with Crippen LogP contribution in [0.2, 0.25) is 0 Å². The van der Waals surface area contributed by atoms with E-state index in [0.29, 0.717) is 12.1 Å². The molecular weight excluding hydrogens is 405 g/mol. The minimum absolute atomic E-state index is 0.323. The molecular formula is C15H12Br2FNO2. The quantitative estimate of drug-likeness (QED) is 0.739. The van der Waals surface area contributed by atoms with Gasteiger partial charge in [0, 0.05) is 15.5 Å². The van der Waals surface area contributed by atoms with Gasteiger partial charge in [0.15, 0.2) is 0 Å². The summed E-state index contributed by atoms with van der Waals surface area (Å²) in [6, 6.07) is 8.04. The normalized spacial score (nSPS) is 10.5. The van der Waals surface area contributed by atoms with Crippen molar-refractivity contribution in [2.24, 2.45) is 0 Å². The summed E-state index contributed by atoms with van der Waals surface area (Å²) in [5.41, 5.74) is 2.31. The van der Waals surface area contributed by atoms with E-state index < -0.39 is 11.8 Å². The lowest BCUT2D eigenvalue weighted by atomic mass is 10.1. The number of carboxylic acid groups (broad SMARTS) is 1. The smallest absolute Gasteiger partial charge is 0.338 e. The molecule has 0 aliphatic rings. The molecule has 0 saturated carbocycles. The van der Waals surface area contributed by atoms with Crippen molar-refractivity contribution in [3.63, 3.8) is 0 Å². The van der Waals surface area contributed by atoms with Crippen LogP contribution in [0.15, 0.2) is 39.3 Å². The molecule has 0 aromatic heterocycles. The molecule has 21 heavy (non-hydrogen) atoms. The summed E-state index contributed by atoms with van der Waals surface area (Å²) >= 11 is 6.94. The van der Waals surface area contributed by atoms with E-state index in [1.165, 1.54) is 12.1 Å². The molecule has 0 fully saturated rings. The molecule has 0 radical (unpaired) electrons. The highest BCUT2D eigenvalue weighted by Crippen LogP contribution is 2.32. The number of hydrogen-bond donors (Lipinski definition) is 2. The molecule has 0 bridgehead atoms. The molecule has 2 rings (SSSR count). The number of anilines is 1. The van der Waals surface area contributed by atoms with Gasteiger partial charge in [-0.2, -0.15) is 0 Å². The zero-order chi connectivity index (χ0) is 15.6. The van der Waals surface area contributed by atoms with Gasteiger partial charge in [-0.05, 0) is 74.2 Å². The van der Waals surface area contributed by atoms with E-state index in [9.17, 15) is 9.18 Å². The van der Waals surface area contributed by atoms with Crippen molar-refractivity contribution in [2.45, 2.75) is 13.5 Å². The van der Waals surface area contributed by atoms with Gasteiger partial charge in [0.05, 0.1) is 11.3 Å². The second-order valence-corrected chi connectivity index (χ2v) is 6.29. The third kappa shape index (κ3) is 3.83. The average Bonchev–Trinajstić information content (AvgIpc) is 2.36. The Balaban J connectivity index is 2.17. The fraction of sp³-hybridized carbons (Fsp3) is 0.133. The minimum atomic E-state index is -1.27. The summed E-state index contributed by atoms with van der Waals surface area (Å²) in [7, 11) is 0. The summed E-state index contributed by atoms with van der Waals surface area (Å²) < 4.78 is 15.4. The van der Waals surface area contributed by atoms with E-state index in [4.69, 9.17) is 5.11 Å². The number of aryl methyl sites for hydroxylation is 1. The Morgan fingerprint density at radius 1 is 1.24 bits per heavy atom. The number of carboxylic acids is 1. The van der Waals surface area contributed by atoms with E-state index >= 15 is 0 Å². The fourth-order valence-corrected chi connectivity index (χ4v) is 3.60. The Labute approximate surface area is 138 Å². The topological polar surface area (TPSA) is 49.3 Å². The van der Waals surface area contributed by atoms with Gasteiger partial charge in [-0.15, -0.1) is 0 Å². The van der Waals surface area contributed by atoms with E-state index in [-0.39, 0.29) is 5.56 Å². The van der Waals surface area contributed by atoms with Crippen LogP contribution >= 0.6 is 31.9 Å². The fourth-order valence-electron chi connectivity index (χ4n) is 1.90. The van der Waals surface area contributed by atoms with Gasteiger partial charge in [-0.3, -0.25) is 0 Å². The zero-order valence-electron chi connectivity index (χ0n) is 11.1. The van der Waals surface area contributed by atoms with Crippen LogP contribution < -0.4 is 5.32 Å². The van der Waals surface area contributed by atoms with Crippen molar-refractivity contribution < 1.29 is 14.3 Å². The SMILES string of the molecule is Cc1cc(Br)c(NCc2ccc(C(=O)O)c(F)c2)c(Br)c1. The Bertz CT molecular complexity index is 681. The Kier molecular flexibility index (Phi) is 5.00. The monoisotopic (exact) mass is 415 g/mol. The Morgan fingerprint density at radius 3 is 2.38 bits per heavy atom. The van der Waals surface area contributed by atoms with Crippen LogP contribution in [0, 0.1) is 12.7 Å². The first kappa shape index (κ1) is 16.0. The van der Waals surface area contributed by atoms with Crippen LogP contribution in [0.5, 0.6) is 0 Å². The van der Waals surface area contributed by atoms with Crippen molar-refractivity contribution in [1.82, 2.24) is 0 Å². The molecule has 3 nitrogen and oxygen atoms in total. The molecule has 0 aliphatic heterocycles. The van der Waals surface area contributed by atoms with Crippen molar-refractivity contribution in [3.8, 4) is 0 Å². The molecule has 0 atom stereocenters. The van der Waals surface area contributed by atoms with Gasteiger partial charge < -0.3 is 10.4 Å². The number of nitrogens with one attached hydrogen (secondary N) is 1. The number of aromatic carboxylic acids is 1. The molecule has 0 amide bonds. The second-order valence-electron chi connectivity index (χ2n) is 4.58. The maximum atomic E-state index is 13.6. The van der Waals surface area contributed by atoms with Crippen molar-refractivity contribution in [2.75, 3.05) is 5.32 Å². The van der Waals surface area contributed by atoms with E-state index in [2.05, 4.69) is 37.2 Å². The first-order valence-electron chi connectivity index (χ1n) is 6.09. The predicted molar refractivity (Wildman–Crippen MR) is 87.3 cm³/mol. The molecule has 110 valence electrons. The number of hydrogen-bond acceptors (Lipinski definition) is 2. The number of rotatable bonds is 4. The molecule has 0 unspecified atom stereocenters. The highest BCUT2D eigenvalue weighted by molar-refractivity contribution is 9.11. The highest BCUT2D eigenvalue weighted by atomic mass is 79.9. The number of halogens is 3. The van der Waals surface area contributed by atoms with Gasteiger partial charge in [-0.25, -0.2) is 9.18 Å². The van der Waals surface area contributed by atoms with Crippen LogP contribution in [-0.2, 0) is 6.54 Å². The lowest BCUT2D eigenvalue weighted by Gasteiger charge is -2.12. The van der Waals surface area contributed by atoms with Crippen LogP contribution in [0.1, 0.15) is 21.5 Å². The molecule has 0 spiro atoms. The lowest BCUT2D eigenvalue weighted by Crippen LogP contribution is -2.05. The number of benzene rings is 2. The molecule has 0 heterocycles. The largest absolute Gasteiger partial charge is 0.478 e. The molecule has 6 heteroatoms. The van der Waals surface area contributed by atoms with Crippen LogP contribution in [-0.4, -0.2) is 11.1 Å². The molecule has 0 aliphatic carbocycles. The third-order valence-corrected chi connectivity index (χ3v) is 4.17. The summed E-state index contributed by atoms with van der Waals surface area (Å²) in [4.78, 5) is 10.8. The zero-order valence-corrected chi connectivity index (χ0v) is 14.3. The first-order valence-corrected chi connectivity index (χ1v) is 7.68. The Morgan fingerprint density at radius 2 is 1.86 bits per heavy atom. The second kappa shape index (κ2) is 6.58. The van der Waals surface area contributed by atoms with Gasteiger partial charge in [0.2, 0.25) is 0 Å². The highest BCUT2D eigenvalue weighted by Gasteiger charge is 2.11. The van der Waals surface area contributed by atoms with Gasteiger partial charge in [0.1, 0.15) is 5.82 Å². The maximum Gasteiger partial charge on any atom is 0.338 e. The van der Waals surface area contributed by atoms with E-state index in [1.807, 2.05) is 19.1 Å². The van der Waals surface area contributed by atoms with Crippen LogP contribution in [0.25, 0.3) is 0 Å². The molecule has 2 aromatic carbocycles. The van der Waals surface area contributed by atoms with Crippen molar-refractivity contribution >= 4 is 43.5 Å². The van der Waals surface area contributed by atoms with Gasteiger partial charge in [-0.1, -0.05) is 6.07 Å². The maximum absolute atomic E-state index is 13.6. The Hall–Kier alpha value is -1.40. The average molecular weight is 417 g/mol. The number of carbonyl (C=O) groups is 1. The lowest BCUT2D eigenvalue weighted by molar-refractivity contribution is 0.0692.